The Morgan fingerprint density at radius 2 is 1.95 bits per heavy atom. The number of Topliss-reactive ketones (excluding diaryl/α,β-unsaturated/α-hetero) is 1. The molecule has 0 atom stereocenters. The number of carbonyl (C=O) groups is 1. The smallest absolute Gasteiger partial charge is 0.205 e. The molecule has 0 fully saturated rings. The van der Waals surface area contributed by atoms with Crippen molar-refractivity contribution >= 4 is 44.4 Å². The Labute approximate surface area is 124 Å². The second kappa shape index (κ2) is 5.09. The summed E-state index contributed by atoms with van der Waals surface area (Å²) in [5, 5.41) is 3.19. The van der Waals surface area contributed by atoms with Gasteiger partial charge in [0.05, 0.1) is 11.0 Å². The summed E-state index contributed by atoms with van der Waals surface area (Å²) in [5.41, 5.74) is 3.44. The van der Waals surface area contributed by atoms with Gasteiger partial charge in [-0.2, -0.15) is 0 Å². The summed E-state index contributed by atoms with van der Waals surface area (Å²) in [5.74, 6) is 0.735. The summed E-state index contributed by atoms with van der Waals surface area (Å²) in [6.45, 7) is 1.56. The van der Waals surface area contributed by atoms with Gasteiger partial charge >= 0.3 is 0 Å². The van der Waals surface area contributed by atoms with E-state index in [1.807, 2.05) is 30.3 Å². The van der Waals surface area contributed by atoms with Gasteiger partial charge in [0.2, 0.25) is 5.95 Å². The zero-order valence-electron chi connectivity index (χ0n) is 10.8. The molecule has 2 aromatic carbocycles. The van der Waals surface area contributed by atoms with Crippen LogP contribution in [-0.4, -0.2) is 15.8 Å². The van der Waals surface area contributed by atoms with Gasteiger partial charge in [-0.1, -0.05) is 15.9 Å². The van der Waals surface area contributed by atoms with Crippen molar-refractivity contribution in [3.8, 4) is 0 Å². The first-order valence-corrected chi connectivity index (χ1v) is 6.94. The van der Waals surface area contributed by atoms with Gasteiger partial charge in [0.15, 0.2) is 5.78 Å². The van der Waals surface area contributed by atoms with E-state index in [2.05, 4.69) is 31.2 Å². The van der Waals surface area contributed by atoms with Crippen LogP contribution in [0.1, 0.15) is 17.3 Å². The summed E-state index contributed by atoms with van der Waals surface area (Å²) in [4.78, 5) is 18.9. The molecule has 0 saturated carbocycles. The highest BCUT2D eigenvalue weighted by Crippen LogP contribution is 2.21. The number of benzene rings is 2. The second-order valence-electron chi connectivity index (χ2n) is 4.51. The molecule has 2 N–H and O–H groups in total. The number of hydrogen-bond acceptors (Lipinski definition) is 3. The number of nitrogens with one attached hydrogen (secondary N) is 2. The summed E-state index contributed by atoms with van der Waals surface area (Å²) in [6, 6.07) is 13.2. The standard InChI is InChI=1S/C15H12BrN3O/c1-9(20)10-2-5-12(6-3-10)17-15-18-13-7-4-11(16)8-14(13)19-15/h2-8H,1H3,(H2,17,18,19). The Morgan fingerprint density at radius 3 is 2.65 bits per heavy atom. The van der Waals surface area contributed by atoms with E-state index in [4.69, 9.17) is 0 Å². The molecule has 4 nitrogen and oxygen atoms in total. The first kappa shape index (κ1) is 12.9. The topological polar surface area (TPSA) is 57.8 Å². The lowest BCUT2D eigenvalue weighted by Gasteiger charge is -2.03. The zero-order chi connectivity index (χ0) is 14.1. The zero-order valence-corrected chi connectivity index (χ0v) is 12.4. The Hall–Kier alpha value is -2.14. The third-order valence-corrected chi connectivity index (χ3v) is 3.49. The van der Waals surface area contributed by atoms with Crippen molar-refractivity contribution in [2.24, 2.45) is 0 Å². The van der Waals surface area contributed by atoms with Crippen LogP contribution in [0.2, 0.25) is 0 Å². The van der Waals surface area contributed by atoms with Crippen molar-refractivity contribution in [3.05, 3.63) is 52.5 Å². The fourth-order valence-electron chi connectivity index (χ4n) is 1.97. The molecule has 0 amide bonds. The molecule has 0 saturated heterocycles. The summed E-state index contributed by atoms with van der Waals surface area (Å²) in [6.07, 6.45) is 0. The third kappa shape index (κ3) is 2.58. The number of aromatic nitrogens is 2. The van der Waals surface area contributed by atoms with E-state index in [1.54, 1.807) is 19.1 Å². The summed E-state index contributed by atoms with van der Waals surface area (Å²) in [7, 11) is 0. The lowest BCUT2D eigenvalue weighted by atomic mass is 10.1. The van der Waals surface area contributed by atoms with Gasteiger partial charge in [-0.15, -0.1) is 0 Å². The first-order chi connectivity index (χ1) is 9.61. The molecule has 3 rings (SSSR count). The van der Waals surface area contributed by atoms with Crippen molar-refractivity contribution in [1.29, 1.82) is 0 Å². The number of imidazole rings is 1. The Morgan fingerprint density at radius 1 is 1.20 bits per heavy atom. The normalized spacial score (nSPS) is 10.7. The van der Waals surface area contributed by atoms with Crippen LogP contribution < -0.4 is 5.32 Å². The van der Waals surface area contributed by atoms with Crippen molar-refractivity contribution in [3.63, 3.8) is 0 Å². The highest BCUT2D eigenvalue weighted by atomic mass is 79.9. The number of ketones is 1. The fraction of sp³-hybridized carbons (Fsp3) is 0.0667. The largest absolute Gasteiger partial charge is 0.326 e. The van der Waals surface area contributed by atoms with Gasteiger partial charge < -0.3 is 10.3 Å². The molecular weight excluding hydrogens is 318 g/mol. The minimum absolute atomic E-state index is 0.0603. The Balaban J connectivity index is 1.87. The number of anilines is 2. The number of nitrogens with zero attached hydrogens (tertiary/aromatic N) is 1. The van der Waals surface area contributed by atoms with Crippen LogP contribution in [0.3, 0.4) is 0 Å². The predicted molar refractivity (Wildman–Crippen MR) is 83.5 cm³/mol. The molecule has 0 spiro atoms. The second-order valence-corrected chi connectivity index (χ2v) is 5.42. The number of H-pyrrole nitrogens is 1. The minimum Gasteiger partial charge on any atom is -0.326 e. The highest BCUT2D eigenvalue weighted by Gasteiger charge is 2.04. The van der Waals surface area contributed by atoms with Gasteiger partial charge in [0.1, 0.15) is 0 Å². The van der Waals surface area contributed by atoms with Crippen LogP contribution in [0.15, 0.2) is 46.9 Å². The van der Waals surface area contributed by atoms with Crippen molar-refractivity contribution in [2.75, 3.05) is 5.32 Å². The maximum atomic E-state index is 11.2. The molecular formula is C15H12BrN3O. The average Bonchev–Trinajstić information content (AvgIpc) is 2.80. The SMILES string of the molecule is CC(=O)c1ccc(Nc2nc3ccc(Br)cc3[nH]2)cc1. The molecule has 0 radical (unpaired) electrons. The molecule has 1 heterocycles. The van der Waals surface area contributed by atoms with E-state index in [0.29, 0.717) is 11.5 Å². The molecule has 5 heteroatoms. The number of fused-ring (bicyclic) bond motifs is 1. The molecule has 0 aliphatic rings. The van der Waals surface area contributed by atoms with Crippen LogP contribution in [0.5, 0.6) is 0 Å². The van der Waals surface area contributed by atoms with Crippen molar-refractivity contribution in [2.45, 2.75) is 6.92 Å². The highest BCUT2D eigenvalue weighted by molar-refractivity contribution is 9.10. The van der Waals surface area contributed by atoms with E-state index in [1.165, 1.54) is 0 Å². The van der Waals surface area contributed by atoms with Crippen molar-refractivity contribution < 1.29 is 4.79 Å². The van der Waals surface area contributed by atoms with Crippen LogP contribution in [0, 0.1) is 0 Å². The summed E-state index contributed by atoms with van der Waals surface area (Å²) < 4.78 is 1.01. The van der Waals surface area contributed by atoms with Crippen LogP contribution in [0.4, 0.5) is 11.6 Å². The molecule has 0 bridgehead atoms. The maximum absolute atomic E-state index is 11.2. The van der Waals surface area contributed by atoms with Crippen molar-refractivity contribution in [1.82, 2.24) is 9.97 Å². The van der Waals surface area contributed by atoms with E-state index in [9.17, 15) is 4.79 Å². The quantitative estimate of drug-likeness (QED) is 0.705. The Kier molecular flexibility index (Phi) is 3.28. The predicted octanol–water partition coefficient (Wildman–Crippen LogP) is 4.27. The third-order valence-electron chi connectivity index (χ3n) is 3.00. The molecule has 100 valence electrons. The lowest BCUT2D eigenvalue weighted by molar-refractivity contribution is 0.101. The summed E-state index contributed by atoms with van der Waals surface area (Å²) >= 11 is 3.43. The number of aromatic amines is 1. The van der Waals surface area contributed by atoms with E-state index >= 15 is 0 Å². The maximum Gasteiger partial charge on any atom is 0.205 e. The molecule has 3 aromatic rings. The molecule has 0 aliphatic heterocycles. The number of halogens is 1. The lowest BCUT2D eigenvalue weighted by Crippen LogP contribution is -1.95. The fourth-order valence-corrected chi connectivity index (χ4v) is 2.33. The molecule has 0 aliphatic carbocycles. The number of rotatable bonds is 3. The van der Waals surface area contributed by atoms with Gasteiger partial charge in [0.25, 0.3) is 0 Å². The molecule has 0 unspecified atom stereocenters. The van der Waals surface area contributed by atoms with Crippen LogP contribution >= 0.6 is 15.9 Å². The van der Waals surface area contributed by atoms with Gasteiger partial charge in [0, 0.05) is 15.7 Å². The molecule has 20 heavy (non-hydrogen) atoms. The van der Waals surface area contributed by atoms with E-state index in [-0.39, 0.29) is 5.78 Å². The van der Waals surface area contributed by atoms with E-state index in [0.717, 1.165) is 21.2 Å². The van der Waals surface area contributed by atoms with Gasteiger partial charge in [-0.25, -0.2) is 4.98 Å². The number of carbonyl (C=O) groups excluding carboxylic acids is 1. The Bertz CT molecular complexity index is 777. The van der Waals surface area contributed by atoms with Crippen LogP contribution in [-0.2, 0) is 0 Å². The monoisotopic (exact) mass is 329 g/mol. The van der Waals surface area contributed by atoms with Gasteiger partial charge in [-0.3, -0.25) is 4.79 Å². The first-order valence-electron chi connectivity index (χ1n) is 6.15. The van der Waals surface area contributed by atoms with Crippen LogP contribution in [0.25, 0.3) is 11.0 Å². The average molecular weight is 330 g/mol. The minimum atomic E-state index is 0.0603. The number of hydrogen-bond donors (Lipinski definition) is 2. The van der Waals surface area contributed by atoms with E-state index < -0.39 is 0 Å². The molecule has 1 aromatic heterocycles. The van der Waals surface area contributed by atoms with Gasteiger partial charge in [-0.05, 0) is 49.4 Å².